The predicted octanol–water partition coefficient (Wildman–Crippen LogP) is 2.19. The van der Waals surface area contributed by atoms with Crippen molar-refractivity contribution < 1.29 is 14.3 Å². The normalized spacial score (nSPS) is 21.2. The van der Waals surface area contributed by atoms with Gasteiger partial charge in [-0.25, -0.2) is 0 Å². The average Bonchev–Trinajstić information content (AvgIpc) is 2.67. The summed E-state index contributed by atoms with van der Waals surface area (Å²) in [7, 11) is 1.63. The van der Waals surface area contributed by atoms with Crippen LogP contribution < -0.4 is 0 Å². The number of ether oxygens (including phenoxy) is 1. The highest BCUT2D eigenvalue weighted by Crippen LogP contribution is 2.25. The van der Waals surface area contributed by atoms with E-state index >= 15 is 0 Å². The molecule has 2 amide bonds. The molecule has 3 rings (SSSR count). The van der Waals surface area contributed by atoms with Crippen LogP contribution in [0.1, 0.15) is 24.8 Å². The third kappa shape index (κ3) is 4.28. The second-order valence-corrected chi connectivity index (χ2v) is 6.70. The predicted molar refractivity (Wildman–Crippen MR) is 96.8 cm³/mol. The van der Waals surface area contributed by atoms with Crippen molar-refractivity contribution in [2.45, 2.75) is 19.3 Å². The van der Waals surface area contributed by atoms with E-state index in [1.807, 2.05) is 23.1 Å². The molecule has 0 aromatic heterocycles. The minimum atomic E-state index is -0.0822. The minimum Gasteiger partial charge on any atom is -0.383 e. The molecule has 2 aliphatic rings. The van der Waals surface area contributed by atoms with E-state index in [1.165, 1.54) is 11.1 Å². The molecule has 134 valence electrons. The molecule has 1 atom stereocenters. The van der Waals surface area contributed by atoms with E-state index in [9.17, 15) is 9.59 Å². The Balaban J connectivity index is 1.58. The molecule has 1 aromatic carbocycles. The van der Waals surface area contributed by atoms with E-state index < -0.39 is 0 Å². The number of carbonyl (C=O) groups excluding carboxylic acids is 2. The first-order chi connectivity index (χ1) is 12.2. The summed E-state index contributed by atoms with van der Waals surface area (Å²) in [5, 5.41) is 0. The van der Waals surface area contributed by atoms with Gasteiger partial charge >= 0.3 is 0 Å². The van der Waals surface area contributed by atoms with E-state index in [0.717, 1.165) is 13.0 Å². The molecule has 0 radical (unpaired) electrons. The molecule has 0 bridgehead atoms. The molecule has 0 N–H and O–H groups in total. The fourth-order valence-electron chi connectivity index (χ4n) is 3.58. The van der Waals surface area contributed by atoms with Gasteiger partial charge in [-0.15, -0.1) is 0 Å². The van der Waals surface area contributed by atoms with Crippen LogP contribution in [0.15, 0.2) is 36.4 Å². The highest BCUT2D eigenvalue weighted by Gasteiger charge is 2.33. The largest absolute Gasteiger partial charge is 0.383 e. The highest BCUT2D eigenvalue weighted by molar-refractivity contribution is 5.84. The van der Waals surface area contributed by atoms with Gasteiger partial charge in [0.1, 0.15) is 0 Å². The topological polar surface area (TPSA) is 49.9 Å². The Bertz CT molecular complexity index is 642. The van der Waals surface area contributed by atoms with Gasteiger partial charge in [0, 0.05) is 39.7 Å². The lowest BCUT2D eigenvalue weighted by Crippen LogP contribution is -2.48. The molecule has 2 aliphatic heterocycles. The molecule has 25 heavy (non-hydrogen) atoms. The number of likely N-dealkylation sites (tertiary alicyclic amines) is 1. The molecular formula is C20H26N2O3. The zero-order valence-electron chi connectivity index (χ0n) is 14.8. The summed E-state index contributed by atoms with van der Waals surface area (Å²) in [6.07, 6.45) is 4.16. The maximum atomic E-state index is 12.8. The number of rotatable bonds is 5. The van der Waals surface area contributed by atoms with Crippen LogP contribution in [0.25, 0.3) is 5.57 Å². The van der Waals surface area contributed by atoms with E-state index in [0.29, 0.717) is 39.1 Å². The Morgan fingerprint density at radius 1 is 1.24 bits per heavy atom. The van der Waals surface area contributed by atoms with Crippen molar-refractivity contribution in [3.8, 4) is 0 Å². The summed E-state index contributed by atoms with van der Waals surface area (Å²) < 4.78 is 5.06. The molecule has 1 fully saturated rings. The number of amides is 2. The Morgan fingerprint density at radius 2 is 2.04 bits per heavy atom. The summed E-state index contributed by atoms with van der Waals surface area (Å²) in [6, 6.07) is 10.3. The lowest BCUT2D eigenvalue weighted by molar-refractivity contribution is -0.143. The van der Waals surface area contributed by atoms with Crippen LogP contribution in [0.4, 0.5) is 0 Å². The van der Waals surface area contributed by atoms with Crippen molar-refractivity contribution in [2.24, 2.45) is 5.92 Å². The minimum absolute atomic E-state index is 0.0822. The Morgan fingerprint density at radius 3 is 2.72 bits per heavy atom. The first kappa shape index (κ1) is 17.7. The second-order valence-electron chi connectivity index (χ2n) is 6.70. The fourth-order valence-corrected chi connectivity index (χ4v) is 3.58. The number of nitrogens with zero attached hydrogens (tertiary/aromatic N) is 2. The zero-order chi connectivity index (χ0) is 17.6. The molecule has 0 aliphatic carbocycles. The van der Waals surface area contributed by atoms with Gasteiger partial charge in [-0.3, -0.25) is 9.59 Å². The Kier molecular flexibility index (Phi) is 5.87. The standard InChI is InChI=1S/C20H26N2O3/c1-25-14-13-22-15-18(7-8-19(22)23)20(24)21-11-9-17(10-12-21)16-5-3-2-4-6-16/h2-6,9,18H,7-8,10-15H2,1H3. The smallest absolute Gasteiger partial charge is 0.227 e. The van der Waals surface area contributed by atoms with Gasteiger partial charge in [-0.1, -0.05) is 36.4 Å². The molecule has 1 unspecified atom stereocenters. The molecule has 1 saturated heterocycles. The lowest BCUT2D eigenvalue weighted by atomic mass is 9.94. The van der Waals surface area contributed by atoms with Gasteiger partial charge in [-0.05, 0) is 24.0 Å². The van der Waals surface area contributed by atoms with Crippen LogP contribution in [0, 0.1) is 5.92 Å². The van der Waals surface area contributed by atoms with Gasteiger partial charge in [0.05, 0.1) is 12.5 Å². The quantitative estimate of drug-likeness (QED) is 0.824. The van der Waals surface area contributed by atoms with E-state index in [4.69, 9.17) is 4.74 Å². The van der Waals surface area contributed by atoms with Crippen molar-refractivity contribution in [1.29, 1.82) is 0 Å². The van der Waals surface area contributed by atoms with E-state index in [1.54, 1.807) is 12.0 Å². The Hall–Kier alpha value is -2.14. The van der Waals surface area contributed by atoms with Gasteiger partial charge in [0.15, 0.2) is 0 Å². The van der Waals surface area contributed by atoms with Crippen LogP contribution in [-0.2, 0) is 14.3 Å². The van der Waals surface area contributed by atoms with Crippen LogP contribution in [0.3, 0.4) is 0 Å². The first-order valence-corrected chi connectivity index (χ1v) is 8.99. The van der Waals surface area contributed by atoms with Crippen molar-refractivity contribution in [3.05, 3.63) is 42.0 Å². The maximum Gasteiger partial charge on any atom is 0.227 e. The number of piperidine rings is 1. The van der Waals surface area contributed by atoms with E-state index in [-0.39, 0.29) is 17.7 Å². The summed E-state index contributed by atoms with van der Waals surface area (Å²) >= 11 is 0. The second kappa shape index (κ2) is 8.30. The van der Waals surface area contributed by atoms with Crippen LogP contribution in [-0.4, -0.2) is 61.5 Å². The summed E-state index contributed by atoms with van der Waals surface area (Å²) in [6.45, 7) is 3.01. The highest BCUT2D eigenvalue weighted by atomic mass is 16.5. The van der Waals surface area contributed by atoms with Crippen LogP contribution in [0.2, 0.25) is 0 Å². The maximum absolute atomic E-state index is 12.8. The lowest BCUT2D eigenvalue weighted by Gasteiger charge is -2.35. The first-order valence-electron chi connectivity index (χ1n) is 8.99. The molecule has 0 saturated carbocycles. The SMILES string of the molecule is COCCN1CC(C(=O)N2CC=C(c3ccccc3)CC2)CCC1=O. The van der Waals surface area contributed by atoms with Crippen molar-refractivity contribution in [2.75, 3.05) is 39.9 Å². The third-order valence-corrected chi connectivity index (χ3v) is 5.08. The molecular weight excluding hydrogens is 316 g/mol. The van der Waals surface area contributed by atoms with Gasteiger partial charge < -0.3 is 14.5 Å². The summed E-state index contributed by atoms with van der Waals surface area (Å²) in [4.78, 5) is 28.5. The molecule has 2 heterocycles. The molecule has 0 spiro atoms. The summed E-state index contributed by atoms with van der Waals surface area (Å²) in [5.74, 6) is 0.227. The Labute approximate surface area is 149 Å². The summed E-state index contributed by atoms with van der Waals surface area (Å²) in [5.41, 5.74) is 2.55. The van der Waals surface area contributed by atoms with Crippen molar-refractivity contribution in [3.63, 3.8) is 0 Å². The third-order valence-electron chi connectivity index (χ3n) is 5.08. The monoisotopic (exact) mass is 342 g/mol. The van der Waals surface area contributed by atoms with Gasteiger partial charge in [0.25, 0.3) is 0 Å². The molecule has 5 nitrogen and oxygen atoms in total. The van der Waals surface area contributed by atoms with Crippen molar-refractivity contribution >= 4 is 17.4 Å². The van der Waals surface area contributed by atoms with Gasteiger partial charge in [0.2, 0.25) is 11.8 Å². The van der Waals surface area contributed by atoms with Crippen LogP contribution in [0.5, 0.6) is 0 Å². The average molecular weight is 342 g/mol. The van der Waals surface area contributed by atoms with Gasteiger partial charge in [-0.2, -0.15) is 0 Å². The van der Waals surface area contributed by atoms with Crippen LogP contribution >= 0.6 is 0 Å². The molecule has 5 heteroatoms. The zero-order valence-corrected chi connectivity index (χ0v) is 14.8. The van der Waals surface area contributed by atoms with E-state index in [2.05, 4.69) is 18.2 Å². The van der Waals surface area contributed by atoms with Crippen molar-refractivity contribution in [1.82, 2.24) is 9.80 Å². The number of carbonyl (C=O) groups is 2. The molecule has 1 aromatic rings. The fraction of sp³-hybridized carbons (Fsp3) is 0.500. The number of hydrogen-bond donors (Lipinski definition) is 0. The number of methoxy groups -OCH3 is 1. The number of benzene rings is 1. The number of hydrogen-bond acceptors (Lipinski definition) is 3.